The van der Waals surface area contributed by atoms with Crippen LogP contribution in [0.15, 0.2) is 0 Å². The van der Waals surface area contributed by atoms with E-state index in [1.807, 2.05) is 0 Å². The molecule has 1 fully saturated rings. The van der Waals surface area contributed by atoms with E-state index in [0.717, 1.165) is 0 Å². The van der Waals surface area contributed by atoms with Crippen LogP contribution in [0.1, 0.15) is 19.3 Å². The fourth-order valence-corrected chi connectivity index (χ4v) is 2.58. The van der Waals surface area contributed by atoms with Gasteiger partial charge in [0.1, 0.15) is 12.1 Å². The molecule has 0 aromatic carbocycles. The average molecular weight is 478 g/mol. The number of aliphatic carboxylic acids is 1. The number of terminal acetylenes is 1. The Kier molecular flexibility index (Phi) is 13.1. The molecular weight excluding hydrogens is 460 g/mol. The van der Waals surface area contributed by atoms with Gasteiger partial charge in [0.2, 0.25) is 17.7 Å². The van der Waals surface area contributed by atoms with Gasteiger partial charge in [0.25, 0.3) is 0 Å². The van der Waals surface area contributed by atoms with E-state index in [4.69, 9.17) is 17.3 Å². The Morgan fingerprint density at radius 1 is 0.917 bits per heavy atom. The standard InChI is InChI=1S/C27H18N4O5/c1-2-3-4-5-6-7-8-9-10-11-12-13-14-15-18-31-19-16-17-23(31)26(34)29-21-25(33)30-22(27(35)36)20-24(28)32/h1,22-23H,16-17,19-21H2,(H2,28,32)(H,29,34)(H,30,33)(H,35,36)/t22-,23-/m0/s1. The number of carbonyl (C=O) groups excluding carboxylic acids is 3. The zero-order chi connectivity index (χ0) is 26.6. The molecule has 0 unspecified atom stereocenters. The predicted octanol–water partition coefficient (Wildman–Crippen LogP) is -2.37. The van der Waals surface area contributed by atoms with Gasteiger partial charge in [-0.15, -0.1) is 6.42 Å². The minimum absolute atomic E-state index is 0.448. The molecule has 176 valence electrons. The fourth-order valence-electron chi connectivity index (χ4n) is 2.58. The van der Waals surface area contributed by atoms with Crippen molar-refractivity contribution in [3.63, 3.8) is 0 Å². The van der Waals surface area contributed by atoms with Crippen molar-refractivity contribution in [1.29, 1.82) is 0 Å². The molecule has 0 radical (unpaired) electrons. The third-order valence-electron chi connectivity index (χ3n) is 4.04. The van der Waals surface area contributed by atoms with Crippen molar-refractivity contribution < 1.29 is 24.3 Å². The number of rotatable bonds is 7. The van der Waals surface area contributed by atoms with Crippen molar-refractivity contribution in [2.45, 2.75) is 31.3 Å². The van der Waals surface area contributed by atoms with E-state index in [1.165, 1.54) is 0 Å². The third-order valence-corrected chi connectivity index (χ3v) is 4.04. The highest BCUT2D eigenvalue weighted by molar-refractivity contribution is 5.91. The van der Waals surface area contributed by atoms with Crippen LogP contribution in [-0.2, 0) is 19.2 Å². The first-order valence-corrected chi connectivity index (χ1v) is 10.2. The molecule has 1 aliphatic heterocycles. The molecule has 0 saturated carbocycles. The summed E-state index contributed by atoms with van der Waals surface area (Å²) < 4.78 is 0. The highest BCUT2D eigenvalue weighted by Gasteiger charge is 2.29. The van der Waals surface area contributed by atoms with E-state index in [9.17, 15) is 19.2 Å². The number of hydrogen-bond donors (Lipinski definition) is 4. The van der Waals surface area contributed by atoms with E-state index in [1.54, 1.807) is 4.90 Å². The summed E-state index contributed by atoms with van der Waals surface area (Å²) in [7, 11) is 0. The minimum Gasteiger partial charge on any atom is -0.480 e. The molecule has 0 aromatic rings. The molecule has 9 nitrogen and oxygen atoms in total. The van der Waals surface area contributed by atoms with Gasteiger partial charge in [0.05, 0.1) is 13.0 Å². The van der Waals surface area contributed by atoms with E-state index in [0.29, 0.717) is 19.4 Å². The van der Waals surface area contributed by atoms with Crippen molar-refractivity contribution in [2.24, 2.45) is 5.73 Å². The molecule has 9 heteroatoms. The second-order valence-electron chi connectivity index (χ2n) is 6.58. The SMILES string of the molecule is C#CC#CC#CC#CC#CC#CC#CC#CN1CCC[C@H]1C(=O)NCC(=O)N[C@@H](CC(N)=O)C(=O)O. The van der Waals surface area contributed by atoms with Crippen LogP contribution >= 0.6 is 0 Å². The largest absolute Gasteiger partial charge is 0.480 e. The number of hydrogen-bond acceptors (Lipinski definition) is 5. The lowest BCUT2D eigenvalue weighted by Gasteiger charge is -2.19. The first kappa shape index (κ1) is 28.2. The maximum absolute atomic E-state index is 12.4. The van der Waals surface area contributed by atoms with Crippen molar-refractivity contribution in [3.8, 4) is 95.4 Å². The first-order valence-electron chi connectivity index (χ1n) is 10.2. The molecule has 3 amide bonds. The second-order valence-corrected chi connectivity index (χ2v) is 6.58. The summed E-state index contributed by atoms with van der Waals surface area (Å²) in [6, 6.07) is 0.698. The van der Waals surface area contributed by atoms with E-state index < -0.39 is 48.7 Å². The number of likely N-dealkylation sites (tertiary alicyclic amines) is 1. The zero-order valence-electron chi connectivity index (χ0n) is 18.9. The van der Waals surface area contributed by atoms with E-state index in [-0.39, 0.29) is 0 Å². The molecule has 36 heavy (non-hydrogen) atoms. The summed E-state index contributed by atoms with van der Waals surface area (Å²) in [6.07, 6.45) is 5.60. The molecule has 1 saturated heterocycles. The maximum Gasteiger partial charge on any atom is 0.326 e. The van der Waals surface area contributed by atoms with Crippen molar-refractivity contribution in [1.82, 2.24) is 15.5 Å². The lowest BCUT2D eigenvalue weighted by atomic mass is 10.2. The second kappa shape index (κ2) is 16.7. The first-order chi connectivity index (χ1) is 17.3. The quantitative estimate of drug-likeness (QED) is 0.301. The van der Waals surface area contributed by atoms with Gasteiger partial charge in [-0.2, -0.15) is 0 Å². The summed E-state index contributed by atoms with van der Waals surface area (Å²) in [5.41, 5.74) is 4.96. The van der Waals surface area contributed by atoms with Gasteiger partial charge in [-0.25, -0.2) is 4.79 Å². The minimum atomic E-state index is -1.47. The Morgan fingerprint density at radius 2 is 1.44 bits per heavy atom. The van der Waals surface area contributed by atoms with Crippen molar-refractivity contribution in [3.05, 3.63) is 0 Å². The van der Waals surface area contributed by atoms with E-state index >= 15 is 0 Å². The summed E-state index contributed by atoms with van der Waals surface area (Å²) in [5.74, 6) is 30.6. The molecule has 0 spiro atoms. The van der Waals surface area contributed by atoms with Gasteiger partial charge in [-0.3, -0.25) is 14.4 Å². The van der Waals surface area contributed by atoms with Gasteiger partial charge in [0.15, 0.2) is 0 Å². The smallest absolute Gasteiger partial charge is 0.326 e. The van der Waals surface area contributed by atoms with Gasteiger partial charge in [-0.05, 0) is 54.3 Å². The number of carboxylic acid groups (broad SMARTS) is 1. The van der Waals surface area contributed by atoms with Crippen LogP contribution in [0, 0.1) is 95.4 Å². The van der Waals surface area contributed by atoms with Crippen LogP contribution in [0.25, 0.3) is 0 Å². The third kappa shape index (κ3) is 12.3. The Labute approximate surface area is 209 Å². The Balaban J connectivity index is 2.56. The number of carboxylic acids is 1. The van der Waals surface area contributed by atoms with Crippen molar-refractivity contribution >= 4 is 23.7 Å². The van der Waals surface area contributed by atoms with Crippen LogP contribution in [0.4, 0.5) is 0 Å². The summed E-state index contributed by atoms with van der Waals surface area (Å²) in [5, 5.41) is 13.6. The van der Waals surface area contributed by atoms with Gasteiger partial charge < -0.3 is 26.4 Å². The number of primary amides is 1. The fraction of sp³-hybridized carbons (Fsp3) is 0.259. The lowest BCUT2D eigenvalue weighted by molar-refractivity contribution is -0.143. The summed E-state index contributed by atoms with van der Waals surface area (Å²) in [4.78, 5) is 47.9. The van der Waals surface area contributed by atoms with Crippen LogP contribution in [-0.4, -0.2) is 58.9 Å². The Morgan fingerprint density at radius 3 is 1.94 bits per heavy atom. The van der Waals surface area contributed by atoms with E-state index in [2.05, 4.69) is 99.6 Å². The van der Waals surface area contributed by atoms with Crippen LogP contribution in [0.5, 0.6) is 0 Å². The van der Waals surface area contributed by atoms with Gasteiger partial charge >= 0.3 is 5.97 Å². The van der Waals surface area contributed by atoms with Crippen LogP contribution < -0.4 is 16.4 Å². The number of amides is 3. The predicted molar refractivity (Wildman–Crippen MR) is 129 cm³/mol. The molecule has 1 rings (SSSR count). The average Bonchev–Trinajstić information content (AvgIpc) is 3.30. The molecule has 5 N–H and O–H groups in total. The monoisotopic (exact) mass is 478 g/mol. The van der Waals surface area contributed by atoms with Gasteiger partial charge in [-0.1, -0.05) is 0 Å². The molecule has 2 atom stereocenters. The lowest BCUT2D eigenvalue weighted by Crippen LogP contribution is -2.49. The van der Waals surface area contributed by atoms with Gasteiger partial charge in [0, 0.05) is 54.0 Å². The molecular formula is C27H18N4O5. The van der Waals surface area contributed by atoms with Crippen LogP contribution in [0.2, 0.25) is 0 Å². The summed E-state index contributed by atoms with van der Waals surface area (Å²) >= 11 is 0. The summed E-state index contributed by atoms with van der Waals surface area (Å²) in [6.45, 7) is 0.0675. The van der Waals surface area contributed by atoms with Crippen LogP contribution in [0.3, 0.4) is 0 Å². The molecule has 1 heterocycles. The number of carbonyl (C=O) groups is 4. The number of nitrogens with one attached hydrogen (secondary N) is 2. The topological polar surface area (TPSA) is 142 Å². The molecule has 0 bridgehead atoms. The zero-order valence-corrected chi connectivity index (χ0v) is 18.9. The number of nitrogens with two attached hydrogens (primary N) is 1. The Bertz CT molecular complexity index is 1390. The highest BCUT2D eigenvalue weighted by Crippen LogP contribution is 2.15. The van der Waals surface area contributed by atoms with Crippen molar-refractivity contribution in [2.75, 3.05) is 13.1 Å². The molecule has 0 aliphatic carbocycles. The highest BCUT2D eigenvalue weighted by atomic mass is 16.4. The number of nitrogens with zero attached hydrogens (tertiary/aromatic N) is 1. The Hall–Kier alpha value is -5.84. The maximum atomic E-state index is 12.4. The molecule has 1 aliphatic rings. The normalized spacial score (nSPS) is 12.6. The molecule has 0 aromatic heterocycles.